The number of methoxy groups -OCH3 is 1. The minimum atomic E-state index is -1.04. The Balaban J connectivity index is 0.000000292. The fourth-order valence-electron chi connectivity index (χ4n) is 2.24. The standard InChI is InChI=1S/C12H15BrO3.C8H7BrO3/c1-7(2)16-11-6-9(13)5-10(8(11)3)12(14)15-4;1-4-6(8(11)12)2-5(9)3-7(4)10/h5-7H,1-4H3;2-3,10H,1H3,(H,11,12). The quantitative estimate of drug-likeness (QED) is 0.520. The zero-order valence-corrected chi connectivity index (χ0v) is 19.3. The molecule has 2 aromatic carbocycles. The van der Waals surface area contributed by atoms with E-state index < -0.39 is 5.97 Å². The number of hydrogen-bond acceptors (Lipinski definition) is 5. The number of ether oxygens (including phenoxy) is 2. The number of hydrogen-bond donors (Lipinski definition) is 2. The van der Waals surface area contributed by atoms with E-state index in [1.54, 1.807) is 13.0 Å². The van der Waals surface area contributed by atoms with E-state index in [1.807, 2.05) is 26.8 Å². The lowest BCUT2D eigenvalue weighted by Crippen LogP contribution is -2.10. The first kappa shape index (κ1) is 24.0. The topological polar surface area (TPSA) is 93.1 Å². The van der Waals surface area contributed by atoms with Crippen LogP contribution in [0, 0.1) is 13.8 Å². The normalized spacial score (nSPS) is 10.1. The van der Waals surface area contributed by atoms with Crippen molar-refractivity contribution in [1.82, 2.24) is 0 Å². The van der Waals surface area contributed by atoms with E-state index >= 15 is 0 Å². The van der Waals surface area contributed by atoms with Crippen LogP contribution in [0.25, 0.3) is 0 Å². The molecule has 0 atom stereocenters. The summed E-state index contributed by atoms with van der Waals surface area (Å²) in [5, 5.41) is 17.9. The first-order chi connectivity index (χ1) is 13.0. The lowest BCUT2D eigenvalue weighted by molar-refractivity contribution is 0.0598. The maximum absolute atomic E-state index is 11.5. The molecule has 2 aromatic rings. The third-order valence-electron chi connectivity index (χ3n) is 3.67. The molecule has 0 unspecified atom stereocenters. The highest BCUT2D eigenvalue weighted by Crippen LogP contribution is 2.28. The zero-order chi connectivity index (χ0) is 21.6. The first-order valence-electron chi connectivity index (χ1n) is 8.25. The number of carboxylic acid groups (broad SMARTS) is 1. The van der Waals surface area contributed by atoms with E-state index in [0.717, 1.165) is 10.0 Å². The number of carbonyl (C=O) groups excluding carboxylic acids is 1. The Bertz CT molecular complexity index is 877. The van der Waals surface area contributed by atoms with Crippen LogP contribution in [0.1, 0.15) is 45.7 Å². The molecule has 0 fully saturated rings. The largest absolute Gasteiger partial charge is 0.508 e. The zero-order valence-electron chi connectivity index (χ0n) is 16.2. The average Bonchev–Trinajstić information content (AvgIpc) is 2.60. The van der Waals surface area contributed by atoms with Crippen LogP contribution in [0.3, 0.4) is 0 Å². The van der Waals surface area contributed by atoms with Crippen molar-refractivity contribution in [2.45, 2.75) is 33.8 Å². The smallest absolute Gasteiger partial charge is 0.338 e. The Labute approximate surface area is 180 Å². The van der Waals surface area contributed by atoms with Gasteiger partial charge < -0.3 is 19.7 Å². The highest BCUT2D eigenvalue weighted by atomic mass is 79.9. The molecule has 0 aromatic heterocycles. The van der Waals surface area contributed by atoms with Crippen molar-refractivity contribution in [3.05, 3.63) is 55.5 Å². The van der Waals surface area contributed by atoms with E-state index in [-0.39, 0.29) is 23.4 Å². The molecule has 8 heteroatoms. The number of benzene rings is 2. The van der Waals surface area contributed by atoms with Crippen LogP contribution < -0.4 is 4.74 Å². The van der Waals surface area contributed by atoms with E-state index in [1.165, 1.54) is 19.2 Å². The Morgan fingerprint density at radius 1 is 0.964 bits per heavy atom. The first-order valence-corrected chi connectivity index (χ1v) is 9.84. The van der Waals surface area contributed by atoms with Gasteiger partial charge in [0.15, 0.2) is 0 Å². The van der Waals surface area contributed by atoms with E-state index in [9.17, 15) is 14.7 Å². The fraction of sp³-hybridized carbons (Fsp3) is 0.300. The van der Waals surface area contributed by atoms with Crippen molar-refractivity contribution in [3.63, 3.8) is 0 Å². The minimum absolute atomic E-state index is 0.0122. The van der Waals surface area contributed by atoms with Crippen molar-refractivity contribution < 1.29 is 29.3 Å². The van der Waals surface area contributed by atoms with Gasteiger partial charge in [0, 0.05) is 20.1 Å². The number of phenols is 1. The molecule has 0 radical (unpaired) electrons. The summed E-state index contributed by atoms with van der Waals surface area (Å²) in [6.45, 7) is 7.29. The lowest BCUT2D eigenvalue weighted by Gasteiger charge is -2.15. The summed E-state index contributed by atoms with van der Waals surface area (Å²) in [5.74, 6) is -0.706. The summed E-state index contributed by atoms with van der Waals surface area (Å²) in [6.07, 6.45) is 0.0681. The molecular weight excluding hydrogens is 496 g/mol. The summed E-state index contributed by atoms with van der Waals surface area (Å²) in [4.78, 5) is 22.1. The van der Waals surface area contributed by atoms with Crippen LogP contribution >= 0.6 is 31.9 Å². The molecule has 0 aliphatic carbocycles. The molecule has 152 valence electrons. The van der Waals surface area contributed by atoms with E-state index in [2.05, 4.69) is 31.9 Å². The Hall–Kier alpha value is -2.06. The van der Waals surface area contributed by atoms with Gasteiger partial charge in [-0.05, 0) is 52.0 Å². The van der Waals surface area contributed by atoms with Gasteiger partial charge in [0.1, 0.15) is 11.5 Å². The van der Waals surface area contributed by atoms with Crippen molar-refractivity contribution in [2.24, 2.45) is 0 Å². The van der Waals surface area contributed by atoms with E-state index in [4.69, 9.17) is 14.6 Å². The van der Waals surface area contributed by atoms with Crippen LogP contribution in [-0.4, -0.2) is 35.4 Å². The molecular formula is C20H22Br2O6. The number of carbonyl (C=O) groups is 2. The molecule has 0 bridgehead atoms. The molecule has 2 rings (SSSR count). The molecule has 6 nitrogen and oxygen atoms in total. The molecule has 0 saturated carbocycles. The van der Waals surface area contributed by atoms with Crippen LogP contribution in [0.15, 0.2) is 33.2 Å². The van der Waals surface area contributed by atoms with Gasteiger partial charge in [-0.25, -0.2) is 9.59 Å². The number of aromatic hydroxyl groups is 1. The number of rotatable bonds is 4. The second-order valence-electron chi connectivity index (χ2n) is 6.14. The number of halogens is 2. The van der Waals surface area contributed by atoms with E-state index in [0.29, 0.717) is 21.3 Å². The summed E-state index contributed by atoms with van der Waals surface area (Å²) in [5.41, 5.74) is 1.81. The van der Waals surface area contributed by atoms with Crippen molar-refractivity contribution in [1.29, 1.82) is 0 Å². The predicted octanol–water partition coefficient (Wildman–Crippen LogP) is 5.49. The Morgan fingerprint density at radius 3 is 2.00 bits per heavy atom. The Kier molecular flexibility index (Phi) is 8.97. The molecule has 0 spiro atoms. The average molecular weight is 518 g/mol. The van der Waals surface area contributed by atoms with Crippen LogP contribution in [0.5, 0.6) is 11.5 Å². The number of aromatic carboxylic acids is 1. The SMILES string of the molecule is COC(=O)c1cc(Br)cc(OC(C)C)c1C.Cc1c(O)cc(Br)cc1C(=O)O. The van der Waals surface area contributed by atoms with Crippen LogP contribution in [-0.2, 0) is 4.74 Å². The number of esters is 1. The highest BCUT2D eigenvalue weighted by Gasteiger charge is 2.15. The van der Waals surface area contributed by atoms with Gasteiger partial charge in [-0.15, -0.1) is 0 Å². The van der Waals surface area contributed by atoms with Gasteiger partial charge in [0.05, 0.1) is 24.3 Å². The van der Waals surface area contributed by atoms with Crippen LogP contribution in [0.2, 0.25) is 0 Å². The third-order valence-corrected chi connectivity index (χ3v) is 4.58. The predicted molar refractivity (Wildman–Crippen MR) is 113 cm³/mol. The maximum Gasteiger partial charge on any atom is 0.338 e. The third kappa shape index (κ3) is 6.53. The van der Waals surface area contributed by atoms with Gasteiger partial charge in [-0.2, -0.15) is 0 Å². The highest BCUT2D eigenvalue weighted by molar-refractivity contribution is 9.10. The van der Waals surface area contributed by atoms with Gasteiger partial charge in [0.25, 0.3) is 0 Å². The monoisotopic (exact) mass is 516 g/mol. The molecule has 0 saturated heterocycles. The fourth-order valence-corrected chi connectivity index (χ4v) is 3.12. The van der Waals surface area contributed by atoms with Gasteiger partial charge in [-0.3, -0.25) is 0 Å². The van der Waals surface area contributed by atoms with Gasteiger partial charge >= 0.3 is 11.9 Å². The molecule has 28 heavy (non-hydrogen) atoms. The molecule has 0 heterocycles. The number of carboxylic acids is 1. The molecule has 0 aliphatic rings. The van der Waals surface area contributed by atoms with Gasteiger partial charge in [0.2, 0.25) is 0 Å². The summed E-state index contributed by atoms with van der Waals surface area (Å²) >= 11 is 6.44. The van der Waals surface area contributed by atoms with Crippen molar-refractivity contribution >= 4 is 43.8 Å². The molecule has 2 N–H and O–H groups in total. The maximum atomic E-state index is 11.5. The Morgan fingerprint density at radius 2 is 1.50 bits per heavy atom. The second-order valence-corrected chi connectivity index (χ2v) is 7.97. The van der Waals surface area contributed by atoms with Gasteiger partial charge in [-0.1, -0.05) is 31.9 Å². The number of phenolic OH excluding ortho intramolecular Hbond substituents is 1. The van der Waals surface area contributed by atoms with Crippen molar-refractivity contribution in [2.75, 3.05) is 7.11 Å². The lowest BCUT2D eigenvalue weighted by atomic mass is 10.1. The van der Waals surface area contributed by atoms with Crippen LogP contribution in [0.4, 0.5) is 0 Å². The molecule has 0 aliphatic heterocycles. The summed E-state index contributed by atoms with van der Waals surface area (Å²) in [6, 6.07) is 6.50. The summed E-state index contributed by atoms with van der Waals surface area (Å²) < 4.78 is 11.7. The second kappa shape index (κ2) is 10.5. The minimum Gasteiger partial charge on any atom is -0.508 e. The molecule has 0 amide bonds. The van der Waals surface area contributed by atoms with Crippen molar-refractivity contribution in [3.8, 4) is 11.5 Å². The summed E-state index contributed by atoms with van der Waals surface area (Å²) in [7, 11) is 1.37.